The lowest BCUT2D eigenvalue weighted by atomic mass is 9.96. The van der Waals surface area contributed by atoms with Gasteiger partial charge in [0.25, 0.3) is 0 Å². The molecule has 0 aliphatic carbocycles. The number of hydrogen-bond donors (Lipinski definition) is 2. The number of likely N-dealkylation sites (tertiary alicyclic amines) is 1. The molecule has 1 amide bonds. The van der Waals surface area contributed by atoms with Crippen LogP contribution in [0.2, 0.25) is 0 Å². The Morgan fingerprint density at radius 2 is 2.08 bits per heavy atom. The minimum Gasteiger partial charge on any atom is -0.497 e. The number of carbonyl (C=O) groups excluding carboxylic acids is 1. The third-order valence-corrected chi connectivity index (χ3v) is 5.08. The van der Waals surface area contributed by atoms with Crippen LogP contribution in [0.1, 0.15) is 18.4 Å². The van der Waals surface area contributed by atoms with E-state index in [2.05, 4.69) is 27.7 Å². The standard InChI is InChI=1S/C19H29N3O3/c1-24-17-4-2-16(3-5-17)13-22-9-6-15(7-10-22)12-21-19(23)18-14-25-11-8-20-18/h2-5,15,18,20H,6-14H2,1H3,(H,21,23). The van der Waals surface area contributed by atoms with E-state index in [1.165, 1.54) is 5.56 Å². The average Bonchev–Trinajstić information content (AvgIpc) is 2.68. The van der Waals surface area contributed by atoms with Gasteiger partial charge in [0, 0.05) is 19.6 Å². The van der Waals surface area contributed by atoms with Gasteiger partial charge in [-0.3, -0.25) is 9.69 Å². The van der Waals surface area contributed by atoms with Crippen LogP contribution >= 0.6 is 0 Å². The van der Waals surface area contributed by atoms with E-state index in [1.54, 1.807) is 7.11 Å². The van der Waals surface area contributed by atoms with Crippen LogP contribution in [0.4, 0.5) is 0 Å². The first-order valence-electron chi connectivity index (χ1n) is 9.18. The SMILES string of the molecule is COc1ccc(CN2CCC(CNC(=O)C3COCCN3)CC2)cc1. The van der Waals surface area contributed by atoms with Crippen molar-refractivity contribution in [1.29, 1.82) is 0 Å². The number of hydrogen-bond acceptors (Lipinski definition) is 5. The molecule has 2 aliphatic heterocycles. The van der Waals surface area contributed by atoms with Crippen LogP contribution in [0.5, 0.6) is 5.75 Å². The molecule has 3 rings (SSSR count). The Labute approximate surface area is 149 Å². The van der Waals surface area contributed by atoms with E-state index in [4.69, 9.17) is 9.47 Å². The zero-order valence-electron chi connectivity index (χ0n) is 15.0. The number of nitrogens with zero attached hydrogens (tertiary/aromatic N) is 1. The van der Waals surface area contributed by atoms with Crippen LogP contribution in [-0.2, 0) is 16.1 Å². The maximum atomic E-state index is 12.1. The molecule has 0 radical (unpaired) electrons. The van der Waals surface area contributed by atoms with Gasteiger partial charge in [-0.05, 0) is 49.5 Å². The molecular weight excluding hydrogens is 318 g/mol. The van der Waals surface area contributed by atoms with E-state index in [-0.39, 0.29) is 11.9 Å². The van der Waals surface area contributed by atoms with E-state index < -0.39 is 0 Å². The number of nitrogens with one attached hydrogen (secondary N) is 2. The number of benzene rings is 1. The molecule has 25 heavy (non-hydrogen) atoms. The molecule has 1 unspecified atom stereocenters. The number of amides is 1. The summed E-state index contributed by atoms with van der Waals surface area (Å²) in [7, 11) is 1.69. The molecule has 2 heterocycles. The molecule has 2 fully saturated rings. The van der Waals surface area contributed by atoms with Crippen molar-refractivity contribution in [3.63, 3.8) is 0 Å². The van der Waals surface area contributed by atoms with Crippen LogP contribution in [0.3, 0.4) is 0 Å². The van der Waals surface area contributed by atoms with Gasteiger partial charge in [0.2, 0.25) is 5.91 Å². The van der Waals surface area contributed by atoms with Gasteiger partial charge in [-0.2, -0.15) is 0 Å². The van der Waals surface area contributed by atoms with Crippen molar-refractivity contribution < 1.29 is 14.3 Å². The van der Waals surface area contributed by atoms with Crippen LogP contribution < -0.4 is 15.4 Å². The van der Waals surface area contributed by atoms with E-state index in [0.717, 1.165) is 51.3 Å². The Morgan fingerprint density at radius 1 is 1.32 bits per heavy atom. The summed E-state index contributed by atoms with van der Waals surface area (Å²) < 4.78 is 10.5. The Balaban J connectivity index is 1.35. The monoisotopic (exact) mass is 347 g/mol. The highest BCUT2D eigenvalue weighted by molar-refractivity contribution is 5.81. The average molecular weight is 347 g/mol. The first kappa shape index (κ1) is 18.2. The maximum Gasteiger partial charge on any atom is 0.239 e. The third-order valence-electron chi connectivity index (χ3n) is 5.08. The van der Waals surface area contributed by atoms with Gasteiger partial charge in [-0.15, -0.1) is 0 Å². The summed E-state index contributed by atoms with van der Waals surface area (Å²) in [5.74, 6) is 1.54. The van der Waals surface area contributed by atoms with Crippen molar-refractivity contribution in [3.8, 4) is 5.75 Å². The summed E-state index contributed by atoms with van der Waals surface area (Å²) in [6, 6.07) is 8.10. The molecular formula is C19H29N3O3. The van der Waals surface area contributed by atoms with Crippen molar-refractivity contribution >= 4 is 5.91 Å². The topological polar surface area (TPSA) is 62.8 Å². The molecule has 1 aromatic carbocycles. The van der Waals surface area contributed by atoms with Gasteiger partial charge >= 0.3 is 0 Å². The van der Waals surface area contributed by atoms with Gasteiger partial charge in [0.15, 0.2) is 0 Å². The molecule has 0 aromatic heterocycles. The number of carbonyl (C=O) groups is 1. The first-order valence-corrected chi connectivity index (χ1v) is 9.18. The molecule has 2 aliphatic rings. The van der Waals surface area contributed by atoms with E-state index >= 15 is 0 Å². The molecule has 0 bridgehead atoms. The molecule has 6 heteroatoms. The smallest absolute Gasteiger partial charge is 0.239 e. The zero-order valence-corrected chi connectivity index (χ0v) is 15.0. The van der Waals surface area contributed by atoms with E-state index in [0.29, 0.717) is 19.1 Å². The maximum absolute atomic E-state index is 12.1. The Morgan fingerprint density at radius 3 is 2.72 bits per heavy atom. The minimum absolute atomic E-state index is 0.0698. The van der Waals surface area contributed by atoms with Crippen molar-refractivity contribution in [1.82, 2.24) is 15.5 Å². The largest absolute Gasteiger partial charge is 0.497 e. The summed E-state index contributed by atoms with van der Waals surface area (Å²) >= 11 is 0. The lowest BCUT2D eigenvalue weighted by molar-refractivity contribution is -0.126. The highest BCUT2D eigenvalue weighted by Gasteiger charge is 2.23. The minimum atomic E-state index is -0.191. The van der Waals surface area contributed by atoms with Gasteiger partial charge in [0.1, 0.15) is 11.8 Å². The Bertz CT molecular complexity index is 535. The van der Waals surface area contributed by atoms with Crippen LogP contribution in [0.15, 0.2) is 24.3 Å². The van der Waals surface area contributed by atoms with Crippen molar-refractivity contribution in [2.24, 2.45) is 5.92 Å². The predicted octanol–water partition coefficient (Wildman–Crippen LogP) is 1.01. The fraction of sp³-hybridized carbons (Fsp3) is 0.632. The summed E-state index contributed by atoms with van der Waals surface area (Å²) in [6.45, 7) is 5.83. The van der Waals surface area contributed by atoms with Crippen LogP contribution in [-0.4, -0.2) is 63.4 Å². The highest BCUT2D eigenvalue weighted by atomic mass is 16.5. The molecule has 6 nitrogen and oxygen atoms in total. The number of morpholine rings is 1. The highest BCUT2D eigenvalue weighted by Crippen LogP contribution is 2.19. The fourth-order valence-electron chi connectivity index (χ4n) is 3.44. The Kier molecular flexibility index (Phi) is 6.67. The summed E-state index contributed by atoms with van der Waals surface area (Å²) in [4.78, 5) is 14.6. The lowest BCUT2D eigenvalue weighted by Gasteiger charge is -2.32. The molecule has 1 atom stereocenters. The zero-order chi connectivity index (χ0) is 17.5. The Hall–Kier alpha value is -1.63. The number of rotatable bonds is 6. The normalized spacial score (nSPS) is 22.5. The second-order valence-corrected chi connectivity index (χ2v) is 6.89. The quantitative estimate of drug-likeness (QED) is 0.804. The lowest BCUT2D eigenvalue weighted by Crippen LogP contribution is -2.52. The third kappa shape index (κ3) is 5.42. The number of piperidine rings is 1. The number of ether oxygens (including phenoxy) is 2. The predicted molar refractivity (Wildman–Crippen MR) is 96.6 cm³/mol. The van der Waals surface area contributed by atoms with Gasteiger partial charge in [0.05, 0.1) is 20.3 Å². The fourth-order valence-corrected chi connectivity index (χ4v) is 3.44. The van der Waals surface area contributed by atoms with Gasteiger partial charge < -0.3 is 20.1 Å². The van der Waals surface area contributed by atoms with Crippen LogP contribution in [0.25, 0.3) is 0 Å². The summed E-state index contributed by atoms with van der Waals surface area (Å²) in [5, 5.41) is 6.28. The van der Waals surface area contributed by atoms with Gasteiger partial charge in [-0.25, -0.2) is 0 Å². The molecule has 2 saturated heterocycles. The molecule has 138 valence electrons. The molecule has 0 saturated carbocycles. The molecule has 2 N–H and O–H groups in total. The van der Waals surface area contributed by atoms with Crippen LogP contribution in [0, 0.1) is 5.92 Å². The molecule has 0 spiro atoms. The first-order chi connectivity index (χ1) is 12.2. The summed E-state index contributed by atoms with van der Waals surface area (Å²) in [5.41, 5.74) is 1.32. The summed E-state index contributed by atoms with van der Waals surface area (Å²) in [6.07, 6.45) is 2.26. The van der Waals surface area contributed by atoms with Crippen molar-refractivity contribution in [2.75, 3.05) is 46.5 Å². The number of methoxy groups -OCH3 is 1. The van der Waals surface area contributed by atoms with Gasteiger partial charge in [-0.1, -0.05) is 12.1 Å². The van der Waals surface area contributed by atoms with Crippen molar-refractivity contribution in [3.05, 3.63) is 29.8 Å². The second kappa shape index (κ2) is 9.17. The van der Waals surface area contributed by atoms with E-state index in [1.807, 2.05) is 12.1 Å². The molecule has 1 aromatic rings. The van der Waals surface area contributed by atoms with E-state index in [9.17, 15) is 4.79 Å². The second-order valence-electron chi connectivity index (χ2n) is 6.89. The van der Waals surface area contributed by atoms with Crippen molar-refractivity contribution in [2.45, 2.75) is 25.4 Å².